The van der Waals surface area contributed by atoms with Gasteiger partial charge in [0.25, 0.3) is 0 Å². The average Bonchev–Trinajstić information content (AvgIpc) is 3.30. The minimum Gasteiger partial charge on any atom is -0.454 e. The van der Waals surface area contributed by atoms with Crippen LogP contribution in [0.1, 0.15) is 37.2 Å². The minimum absolute atomic E-state index is 0.167. The molecule has 1 saturated heterocycles. The van der Waals surface area contributed by atoms with E-state index >= 15 is 0 Å². The lowest BCUT2D eigenvalue weighted by atomic mass is 10.1. The third-order valence-corrected chi connectivity index (χ3v) is 4.96. The number of benzene rings is 1. The summed E-state index contributed by atoms with van der Waals surface area (Å²) in [7, 11) is 0. The van der Waals surface area contributed by atoms with Gasteiger partial charge in [-0.3, -0.25) is 9.80 Å². The van der Waals surface area contributed by atoms with E-state index in [0.717, 1.165) is 62.4 Å². The smallest absolute Gasteiger partial charge is 0.243 e. The molecule has 7 heteroatoms. The molecule has 7 nitrogen and oxygen atoms in total. The summed E-state index contributed by atoms with van der Waals surface area (Å²) in [6.45, 7) is 9.46. The molecular formula is C18H24N4O3. The highest BCUT2D eigenvalue weighted by Crippen LogP contribution is 2.33. The zero-order valence-corrected chi connectivity index (χ0v) is 14.8. The molecule has 3 heterocycles. The Morgan fingerprint density at radius 1 is 1.12 bits per heavy atom. The van der Waals surface area contributed by atoms with Gasteiger partial charge in [0.05, 0.1) is 6.04 Å². The summed E-state index contributed by atoms with van der Waals surface area (Å²) in [5.74, 6) is 3.20. The highest BCUT2D eigenvalue weighted by molar-refractivity contribution is 5.44. The lowest BCUT2D eigenvalue weighted by Gasteiger charge is -2.36. The number of aromatic nitrogens is 2. The zero-order chi connectivity index (χ0) is 17.2. The summed E-state index contributed by atoms with van der Waals surface area (Å²) in [6, 6.07) is 6.37. The summed E-state index contributed by atoms with van der Waals surface area (Å²) in [6.07, 6.45) is 0.805. The molecule has 2 aromatic rings. The van der Waals surface area contributed by atoms with Crippen molar-refractivity contribution < 1.29 is 14.0 Å². The molecular weight excluding hydrogens is 320 g/mol. The van der Waals surface area contributed by atoms with Crippen molar-refractivity contribution in [2.45, 2.75) is 32.9 Å². The molecule has 0 unspecified atom stereocenters. The second-order valence-electron chi connectivity index (χ2n) is 6.58. The Balaban J connectivity index is 1.32. The van der Waals surface area contributed by atoms with Crippen LogP contribution in [-0.2, 0) is 13.0 Å². The summed E-state index contributed by atoms with van der Waals surface area (Å²) >= 11 is 0. The predicted octanol–water partition coefficient (Wildman–Crippen LogP) is 2.24. The fraction of sp³-hybridized carbons (Fsp3) is 0.556. The minimum atomic E-state index is 0.167. The average molecular weight is 344 g/mol. The molecule has 0 saturated carbocycles. The number of hydrogen-bond donors (Lipinski definition) is 0. The first-order chi connectivity index (χ1) is 12.2. The van der Waals surface area contributed by atoms with Crippen molar-refractivity contribution in [3.05, 3.63) is 35.5 Å². The van der Waals surface area contributed by atoms with Gasteiger partial charge in [-0.05, 0) is 24.6 Å². The Hall–Kier alpha value is -2.12. The van der Waals surface area contributed by atoms with Crippen LogP contribution in [0.5, 0.6) is 11.5 Å². The van der Waals surface area contributed by atoms with E-state index < -0.39 is 0 Å². The largest absolute Gasteiger partial charge is 0.454 e. The van der Waals surface area contributed by atoms with Crippen molar-refractivity contribution in [3.8, 4) is 11.5 Å². The first-order valence-electron chi connectivity index (χ1n) is 8.90. The van der Waals surface area contributed by atoms with Crippen LogP contribution in [0.15, 0.2) is 22.7 Å². The first-order valence-corrected chi connectivity index (χ1v) is 8.90. The van der Waals surface area contributed by atoms with Crippen LogP contribution < -0.4 is 9.47 Å². The van der Waals surface area contributed by atoms with Crippen LogP contribution in [-0.4, -0.2) is 52.9 Å². The van der Waals surface area contributed by atoms with E-state index in [-0.39, 0.29) is 6.04 Å². The Labute approximate surface area is 147 Å². The summed E-state index contributed by atoms with van der Waals surface area (Å²) in [5, 5.41) is 4.00. The van der Waals surface area contributed by atoms with Gasteiger partial charge in [0.1, 0.15) is 0 Å². The molecule has 0 bridgehead atoms. The SMILES string of the molecule is CCc1noc([C@@H](C)N2CCN(Cc3ccc4c(c3)OCO4)CC2)n1. The molecule has 4 rings (SSSR count). The van der Waals surface area contributed by atoms with Gasteiger partial charge in [-0.2, -0.15) is 4.98 Å². The van der Waals surface area contributed by atoms with E-state index in [1.54, 1.807) is 0 Å². The topological polar surface area (TPSA) is 63.9 Å². The molecule has 1 aromatic carbocycles. The van der Waals surface area contributed by atoms with Crippen molar-refractivity contribution in [2.24, 2.45) is 0 Å². The Kier molecular flexibility index (Phi) is 4.59. The van der Waals surface area contributed by atoms with Crippen molar-refractivity contribution in [1.82, 2.24) is 19.9 Å². The molecule has 25 heavy (non-hydrogen) atoms. The quantitative estimate of drug-likeness (QED) is 0.824. The number of hydrogen-bond acceptors (Lipinski definition) is 7. The van der Waals surface area contributed by atoms with Crippen LogP contribution in [0.25, 0.3) is 0 Å². The molecule has 1 atom stereocenters. The maximum atomic E-state index is 5.46. The van der Waals surface area contributed by atoms with E-state index in [1.165, 1.54) is 5.56 Å². The van der Waals surface area contributed by atoms with Gasteiger partial charge in [-0.15, -0.1) is 0 Å². The predicted molar refractivity (Wildman–Crippen MR) is 91.5 cm³/mol. The Morgan fingerprint density at radius 2 is 1.92 bits per heavy atom. The molecule has 2 aliphatic heterocycles. The standard InChI is InChI=1S/C18H24N4O3/c1-3-17-19-18(25-20-17)13(2)22-8-6-21(7-9-22)11-14-4-5-15-16(10-14)24-12-23-15/h4-5,10,13H,3,6-9,11-12H2,1-2H3/t13-/m1/s1. The number of rotatable bonds is 5. The monoisotopic (exact) mass is 344 g/mol. The van der Waals surface area contributed by atoms with Crippen LogP contribution in [0, 0.1) is 0 Å². The zero-order valence-electron chi connectivity index (χ0n) is 14.8. The number of ether oxygens (including phenoxy) is 2. The molecule has 0 amide bonds. The van der Waals surface area contributed by atoms with E-state index in [0.29, 0.717) is 6.79 Å². The van der Waals surface area contributed by atoms with E-state index in [2.05, 4.69) is 39.0 Å². The maximum absolute atomic E-state index is 5.46. The normalized spacial score (nSPS) is 19.3. The molecule has 0 spiro atoms. The number of aryl methyl sites for hydroxylation is 1. The summed E-state index contributed by atoms with van der Waals surface area (Å²) < 4.78 is 16.2. The van der Waals surface area contributed by atoms with E-state index in [4.69, 9.17) is 14.0 Å². The molecule has 0 aliphatic carbocycles. The van der Waals surface area contributed by atoms with E-state index in [1.807, 2.05) is 13.0 Å². The molecule has 1 aromatic heterocycles. The summed E-state index contributed by atoms with van der Waals surface area (Å²) in [5.41, 5.74) is 1.26. The first kappa shape index (κ1) is 16.4. The molecule has 0 radical (unpaired) electrons. The molecule has 1 fully saturated rings. The van der Waals surface area contributed by atoms with Crippen LogP contribution in [0.4, 0.5) is 0 Å². The Bertz CT molecular complexity index is 725. The second-order valence-corrected chi connectivity index (χ2v) is 6.58. The second kappa shape index (κ2) is 7.01. The van der Waals surface area contributed by atoms with Gasteiger partial charge in [-0.25, -0.2) is 0 Å². The van der Waals surface area contributed by atoms with Crippen molar-refractivity contribution in [1.29, 1.82) is 0 Å². The maximum Gasteiger partial charge on any atom is 0.243 e. The van der Waals surface area contributed by atoms with Crippen LogP contribution in [0.2, 0.25) is 0 Å². The van der Waals surface area contributed by atoms with Crippen molar-refractivity contribution in [3.63, 3.8) is 0 Å². The van der Waals surface area contributed by atoms with E-state index in [9.17, 15) is 0 Å². The van der Waals surface area contributed by atoms with Gasteiger partial charge < -0.3 is 14.0 Å². The van der Waals surface area contributed by atoms with Gasteiger partial charge in [0.15, 0.2) is 17.3 Å². The molecule has 0 N–H and O–H groups in total. The van der Waals surface area contributed by atoms with Gasteiger partial charge in [-0.1, -0.05) is 18.1 Å². The third kappa shape index (κ3) is 3.48. The number of nitrogens with zero attached hydrogens (tertiary/aromatic N) is 4. The fourth-order valence-corrected chi connectivity index (χ4v) is 3.34. The summed E-state index contributed by atoms with van der Waals surface area (Å²) in [4.78, 5) is 9.34. The number of fused-ring (bicyclic) bond motifs is 1. The highest BCUT2D eigenvalue weighted by Gasteiger charge is 2.26. The van der Waals surface area contributed by atoms with Crippen molar-refractivity contribution >= 4 is 0 Å². The van der Waals surface area contributed by atoms with Crippen LogP contribution in [0.3, 0.4) is 0 Å². The Morgan fingerprint density at radius 3 is 2.68 bits per heavy atom. The van der Waals surface area contributed by atoms with Gasteiger partial charge >= 0.3 is 0 Å². The number of piperazine rings is 1. The fourth-order valence-electron chi connectivity index (χ4n) is 3.34. The van der Waals surface area contributed by atoms with Crippen molar-refractivity contribution in [2.75, 3.05) is 33.0 Å². The third-order valence-electron chi connectivity index (χ3n) is 4.96. The highest BCUT2D eigenvalue weighted by atomic mass is 16.7. The lowest BCUT2D eigenvalue weighted by molar-refractivity contribution is 0.0845. The molecule has 134 valence electrons. The van der Waals surface area contributed by atoms with Gasteiger partial charge in [0, 0.05) is 39.1 Å². The van der Waals surface area contributed by atoms with Crippen LogP contribution >= 0.6 is 0 Å². The molecule has 2 aliphatic rings. The van der Waals surface area contributed by atoms with Gasteiger partial charge in [0.2, 0.25) is 12.7 Å². The lowest BCUT2D eigenvalue weighted by Crippen LogP contribution is -2.46.